The lowest BCUT2D eigenvalue weighted by Crippen LogP contribution is -2.35. The van der Waals surface area contributed by atoms with Crippen molar-refractivity contribution in [2.45, 2.75) is 32.4 Å². The summed E-state index contributed by atoms with van der Waals surface area (Å²) in [6, 6.07) is 12.1. The maximum absolute atomic E-state index is 12.5. The van der Waals surface area contributed by atoms with Crippen molar-refractivity contribution >= 4 is 23.5 Å². The Hall–Kier alpha value is -3.55. The van der Waals surface area contributed by atoms with Crippen molar-refractivity contribution in [3.05, 3.63) is 53.6 Å². The maximum atomic E-state index is 12.5. The Balaban J connectivity index is 1.33. The lowest BCUT2D eigenvalue weighted by molar-refractivity contribution is -0.129. The first-order chi connectivity index (χ1) is 14.5. The number of nitrogens with zero attached hydrogens (tertiary/aromatic N) is 1. The summed E-state index contributed by atoms with van der Waals surface area (Å²) in [5.41, 5.74) is 1.79. The van der Waals surface area contributed by atoms with Crippen molar-refractivity contribution in [3.63, 3.8) is 0 Å². The number of carbonyl (C=O) groups excluding carboxylic acids is 3. The number of amides is 2. The second kappa shape index (κ2) is 8.44. The molecular weight excluding hydrogens is 388 g/mol. The van der Waals surface area contributed by atoms with Gasteiger partial charge in [-0.3, -0.25) is 9.59 Å². The van der Waals surface area contributed by atoms with Crippen LogP contribution in [-0.4, -0.2) is 37.2 Å². The Bertz CT molecular complexity index is 989. The molecule has 0 aliphatic carbocycles. The average Bonchev–Trinajstić information content (AvgIpc) is 3.40. The highest BCUT2D eigenvalue weighted by molar-refractivity contribution is 5.98. The molecule has 1 atom stereocenters. The summed E-state index contributed by atoms with van der Waals surface area (Å²) >= 11 is 0. The number of fused-ring (bicyclic) bond motifs is 1. The zero-order chi connectivity index (χ0) is 21.1. The summed E-state index contributed by atoms with van der Waals surface area (Å²) in [5.74, 6) is 0.320. The van der Waals surface area contributed by atoms with Crippen molar-refractivity contribution in [1.82, 2.24) is 5.32 Å². The molecule has 2 aliphatic rings. The predicted molar refractivity (Wildman–Crippen MR) is 107 cm³/mol. The van der Waals surface area contributed by atoms with Crippen LogP contribution in [0.1, 0.15) is 35.7 Å². The van der Waals surface area contributed by atoms with Crippen LogP contribution in [0.25, 0.3) is 0 Å². The Morgan fingerprint density at radius 3 is 2.80 bits per heavy atom. The summed E-state index contributed by atoms with van der Waals surface area (Å²) in [6.07, 6.45) is 0.340. The highest BCUT2D eigenvalue weighted by atomic mass is 16.7. The molecule has 0 bridgehead atoms. The monoisotopic (exact) mass is 410 g/mol. The molecule has 4 rings (SSSR count). The largest absolute Gasteiger partial charge is 0.454 e. The van der Waals surface area contributed by atoms with Gasteiger partial charge in [-0.15, -0.1) is 0 Å². The van der Waals surface area contributed by atoms with Crippen molar-refractivity contribution in [2.24, 2.45) is 0 Å². The lowest BCUT2D eigenvalue weighted by atomic mass is 10.2. The van der Waals surface area contributed by atoms with E-state index in [1.165, 1.54) is 6.92 Å². The molecule has 0 saturated carbocycles. The van der Waals surface area contributed by atoms with Crippen molar-refractivity contribution < 1.29 is 28.6 Å². The number of anilines is 1. The third-order valence-corrected chi connectivity index (χ3v) is 5.02. The Kier molecular flexibility index (Phi) is 5.56. The zero-order valence-electron chi connectivity index (χ0n) is 16.6. The van der Waals surface area contributed by atoms with Gasteiger partial charge in [0, 0.05) is 25.2 Å². The van der Waals surface area contributed by atoms with Crippen LogP contribution in [0.4, 0.5) is 5.69 Å². The van der Waals surface area contributed by atoms with Crippen LogP contribution in [-0.2, 0) is 20.9 Å². The molecule has 156 valence electrons. The highest BCUT2D eigenvalue weighted by Gasteiger charge is 2.24. The van der Waals surface area contributed by atoms with Gasteiger partial charge in [0.25, 0.3) is 5.91 Å². The first kappa shape index (κ1) is 19.8. The van der Waals surface area contributed by atoms with E-state index in [2.05, 4.69) is 5.32 Å². The van der Waals surface area contributed by atoms with E-state index in [1.54, 1.807) is 41.3 Å². The van der Waals surface area contributed by atoms with Crippen LogP contribution in [0.5, 0.6) is 11.5 Å². The third-order valence-electron chi connectivity index (χ3n) is 5.02. The molecule has 2 aromatic rings. The van der Waals surface area contributed by atoms with Gasteiger partial charge in [-0.25, -0.2) is 4.79 Å². The molecule has 2 heterocycles. The molecule has 30 heavy (non-hydrogen) atoms. The molecule has 0 radical (unpaired) electrons. The molecule has 8 heteroatoms. The Labute approximate surface area is 173 Å². The summed E-state index contributed by atoms with van der Waals surface area (Å²) in [5, 5.41) is 2.74. The van der Waals surface area contributed by atoms with Crippen molar-refractivity contribution in [3.8, 4) is 11.5 Å². The third kappa shape index (κ3) is 4.22. The molecule has 2 aliphatic heterocycles. The summed E-state index contributed by atoms with van der Waals surface area (Å²) in [6.45, 7) is 2.60. The van der Waals surface area contributed by atoms with E-state index >= 15 is 0 Å². The second-order valence-corrected chi connectivity index (χ2v) is 7.15. The topological polar surface area (TPSA) is 94.2 Å². The van der Waals surface area contributed by atoms with Gasteiger partial charge in [0.2, 0.25) is 12.7 Å². The number of esters is 1. The smallest absolute Gasteiger partial charge is 0.338 e. The maximum Gasteiger partial charge on any atom is 0.338 e. The van der Waals surface area contributed by atoms with E-state index < -0.39 is 18.0 Å². The van der Waals surface area contributed by atoms with Crippen LogP contribution in [0, 0.1) is 0 Å². The van der Waals surface area contributed by atoms with E-state index in [1.807, 2.05) is 6.07 Å². The Morgan fingerprint density at radius 1 is 1.17 bits per heavy atom. The van der Waals surface area contributed by atoms with Gasteiger partial charge in [0.1, 0.15) is 0 Å². The average molecular weight is 410 g/mol. The highest BCUT2D eigenvalue weighted by Crippen LogP contribution is 2.32. The molecule has 1 fully saturated rings. The number of carbonyl (C=O) groups is 3. The van der Waals surface area contributed by atoms with Gasteiger partial charge >= 0.3 is 5.97 Å². The molecule has 1 N–H and O–H groups in total. The number of rotatable bonds is 6. The Morgan fingerprint density at radius 2 is 2.00 bits per heavy atom. The molecule has 0 aromatic heterocycles. The van der Waals surface area contributed by atoms with Crippen LogP contribution < -0.4 is 19.7 Å². The molecule has 1 unspecified atom stereocenters. The minimum Gasteiger partial charge on any atom is -0.454 e. The fraction of sp³-hybridized carbons (Fsp3) is 0.318. The van der Waals surface area contributed by atoms with Crippen LogP contribution in [0.3, 0.4) is 0 Å². The SMILES string of the molecule is CC(OC(=O)c1cccc(N2CCCC2=O)c1)C(=O)NCc1ccc2c(c1)OCO2. The standard InChI is InChI=1S/C22H22N2O6/c1-14(21(26)23-12-15-7-8-18-19(10-15)29-13-28-18)30-22(27)16-4-2-5-17(11-16)24-9-3-6-20(24)25/h2,4-5,7-8,10-11,14H,3,6,9,12-13H2,1H3,(H,23,26). The zero-order valence-corrected chi connectivity index (χ0v) is 16.6. The first-order valence-corrected chi connectivity index (χ1v) is 9.79. The number of hydrogen-bond acceptors (Lipinski definition) is 6. The molecule has 0 spiro atoms. The van der Waals surface area contributed by atoms with Crippen LogP contribution in [0.15, 0.2) is 42.5 Å². The lowest BCUT2D eigenvalue weighted by Gasteiger charge is -2.17. The van der Waals surface area contributed by atoms with E-state index in [0.717, 1.165) is 12.0 Å². The van der Waals surface area contributed by atoms with E-state index in [-0.39, 0.29) is 19.2 Å². The summed E-state index contributed by atoms with van der Waals surface area (Å²) in [4.78, 5) is 38.4. The van der Waals surface area contributed by atoms with Gasteiger partial charge in [-0.1, -0.05) is 12.1 Å². The first-order valence-electron chi connectivity index (χ1n) is 9.79. The summed E-state index contributed by atoms with van der Waals surface area (Å²) < 4.78 is 15.9. The molecule has 2 aromatic carbocycles. The van der Waals surface area contributed by atoms with E-state index in [9.17, 15) is 14.4 Å². The van der Waals surface area contributed by atoms with Gasteiger partial charge in [0.05, 0.1) is 5.56 Å². The minimum absolute atomic E-state index is 0.0387. The second-order valence-electron chi connectivity index (χ2n) is 7.15. The predicted octanol–water partition coefficient (Wildman–Crippen LogP) is 2.40. The molecular formula is C22H22N2O6. The number of hydrogen-bond donors (Lipinski definition) is 1. The molecule has 8 nitrogen and oxygen atoms in total. The number of ether oxygens (including phenoxy) is 3. The van der Waals surface area contributed by atoms with Gasteiger partial charge in [-0.05, 0) is 49.2 Å². The van der Waals surface area contributed by atoms with Gasteiger partial charge in [0.15, 0.2) is 17.6 Å². The van der Waals surface area contributed by atoms with Crippen molar-refractivity contribution in [2.75, 3.05) is 18.2 Å². The van der Waals surface area contributed by atoms with Gasteiger partial charge < -0.3 is 24.4 Å². The quantitative estimate of drug-likeness (QED) is 0.735. The van der Waals surface area contributed by atoms with E-state index in [0.29, 0.717) is 35.7 Å². The van der Waals surface area contributed by atoms with Crippen LogP contribution in [0.2, 0.25) is 0 Å². The number of nitrogens with one attached hydrogen (secondary N) is 1. The van der Waals surface area contributed by atoms with E-state index in [4.69, 9.17) is 14.2 Å². The fourth-order valence-electron chi connectivity index (χ4n) is 3.39. The van der Waals surface area contributed by atoms with Crippen molar-refractivity contribution in [1.29, 1.82) is 0 Å². The number of benzene rings is 2. The van der Waals surface area contributed by atoms with Crippen LogP contribution >= 0.6 is 0 Å². The molecule has 1 saturated heterocycles. The summed E-state index contributed by atoms with van der Waals surface area (Å²) in [7, 11) is 0. The minimum atomic E-state index is -0.969. The van der Waals surface area contributed by atoms with Gasteiger partial charge in [-0.2, -0.15) is 0 Å². The fourth-order valence-corrected chi connectivity index (χ4v) is 3.39. The normalized spacial score (nSPS) is 15.8. The molecule has 2 amide bonds.